The van der Waals surface area contributed by atoms with Crippen LogP contribution in [-0.2, 0) is 4.79 Å². The van der Waals surface area contributed by atoms with Crippen molar-refractivity contribution in [2.45, 2.75) is 19.9 Å². The van der Waals surface area contributed by atoms with E-state index in [0.717, 1.165) is 11.1 Å². The molecule has 0 aliphatic rings. The van der Waals surface area contributed by atoms with Gasteiger partial charge in [-0.1, -0.05) is 6.07 Å². The standard InChI is InChI=1S/C18H18N2O4S/c1-10(11(2)21)20-9-19-17-16(18(20)22)13(8-25-17)12-5-6-14(23-3)15(7-12)24-4/h5-10H,1-4H3. The zero-order chi connectivity index (χ0) is 18.1. The molecule has 7 heteroatoms. The first kappa shape index (κ1) is 17.2. The molecule has 3 rings (SSSR count). The lowest BCUT2D eigenvalue weighted by molar-refractivity contribution is -0.119. The number of ether oxygens (including phenoxy) is 2. The first-order valence-corrected chi connectivity index (χ1v) is 8.57. The number of rotatable bonds is 5. The maximum atomic E-state index is 12.9. The molecule has 1 atom stereocenters. The molecule has 2 aromatic heterocycles. The Labute approximate surface area is 148 Å². The van der Waals surface area contributed by atoms with Crippen molar-refractivity contribution in [2.75, 3.05) is 14.2 Å². The molecule has 0 amide bonds. The van der Waals surface area contributed by atoms with Crippen LogP contribution in [0.3, 0.4) is 0 Å². The normalized spacial score (nSPS) is 12.2. The first-order valence-electron chi connectivity index (χ1n) is 7.69. The van der Waals surface area contributed by atoms with E-state index in [-0.39, 0.29) is 11.3 Å². The minimum atomic E-state index is -0.553. The van der Waals surface area contributed by atoms with Crippen LogP contribution in [0.15, 0.2) is 34.7 Å². The summed E-state index contributed by atoms with van der Waals surface area (Å²) in [6, 6.07) is 4.94. The van der Waals surface area contributed by atoms with E-state index in [2.05, 4.69) is 4.98 Å². The average Bonchev–Trinajstić information content (AvgIpc) is 3.05. The lowest BCUT2D eigenvalue weighted by Gasteiger charge is -2.12. The molecule has 3 aromatic rings. The maximum absolute atomic E-state index is 12.9. The number of hydrogen-bond acceptors (Lipinski definition) is 6. The summed E-state index contributed by atoms with van der Waals surface area (Å²) >= 11 is 1.39. The predicted octanol–water partition coefficient (Wildman–Crippen LogP) is 3.29. The number of hydrogen-bond donors (Lipinski definition) is 0. The number of methoxy groups -OCH3 is 2. The van der Waals surface area contributed by atoms with E-state index < -0.39 is 6.04 Å². The highest BCUT2D eigenvalue weighted by Crippen LogP contribution is 2.36. The molecule has 0 saturated carbocycles. The fourth-order valence-electron chi connectivity index (χ4n) is 2.63. The highest BCUT2D eigenvalue weighted by atomic mass is 32.1. The van der Waals surface area contributed by atoms with E-state index in [1.54, 1.807) is 27.2 Å². The van der Waals surface area contributed by atoms with Gasteiger partial charge in [-0.05, 0) is 31.5 Å². The third-order valence-corrected chi connectivity index (χ3v) is 5.11. The Morgan fingerprint density at radius 2 is 1.96 bits per heavy atom. The van der Waals surface area contributed by atoms with Crippen molar-refractivity contribution >= 4 is 27.3 Å². The fraction of sp³-hybridized carbons (Fsp3) is 0.278. The topological polar surface area (TPSA) is 70.4 Å². The van der Waals surface area contributed by atoms with Crippen molar-refractivity contribution in [1.82, 2.24) is 9.55 Å². The van der Waals surface area contributed by atoms with Crippen LogP contribution in [0.1, 0.15) is 19.9 Å². The molecule has 0 fully saturated rings. The molecule has 0 aliphatic carbocycles. The zero-order valence-corrected chi connectivity index (χ0v) is 15.2. The van der Waals surface area contributed by atoms with Gasteiger partial charge < -0.3 is 9.47 Å². The fourth-order valence-corrected chi connectivity index (χ4v) is 3.54. The number of benzene rings is 1. The second kappa shape index (κ2) is 6.68. The zero-order valence-electron chi connectivity index (χ0n) is 14.4. The number of carbonyl (C=O) groups excluding carboxylic acids is 1. The Morgan fingerprint density at radius 1 is 1.24 bits per heavy atom. The van der Waals surface area contributed by atoms with Gasteiger partial charge in [-0.3, -0.25) is 14.2 Å². The molecule has 0 spiro atoms. The van der Waals surface area contributed by atoms with Crippen molar-refractivity contribution < 1.29 is 14.3 Å². The number of aromatic nitrogens is 2. The van der Waals surface area contributed by atoms with Crippen LogP contribution < -0.4 is 15.0 Å². The lowest BCUT2D eigenvalue weighted by atomic mass is 10.1. The van der Waals surface area contributed by atoms with Gasteiger partial charge in [0.25, 0.3) is 5.56 Å². The number of thiophene rings is 1. The van der Waals surface area contributed by atoms with Crippen LogP contribution in [0, 0.1) is 0 Å². The molecule has 2 heterocycles. The van der Waals surface area contributed by atoms with Crippen molar-refractivity contribution in [1.29, 1.82) is 0 Å². The second-order valence-corrected chi connectivity index (χ2v) is 6.50. The number of ketones is 1. The smallest absolute Gasteiger partial charge is 0.263 e. The molecule has 1 unspecified atom stereocenters. The molecule has 25 heavy (non-hydrogen) atoms. The van der Waals surface area contributed by atoms with Crippen LogP contribution in [-0.4, -0.2) is 29.6 Å². The molecule has 0 saturated heterocycles. The van der Waals surface area contributed by atoms with Gasteiger partial charge in [0, 0.05) is 10.9 Å². The minimum absolute atomic E-state index is 0.0915. The first-order chi connectivity index (χ1) is 12.0. The third-order valence-electron chi connectivity index (χ3n) is 4.22. The SMILES string of the molecule is COc1ccc(-c2csc3ncn(C(C)C(C)=O)c(=O)c23)cc1OC. The summed E-state index contributed by atoms with van der Waals surface area (Å²) in [5.74, 6) is 1.11. The van der Waals surface area contributed by atoms with E-state index >= 15 is 0 Å². The third kappa shape index (κ3) is 2.91. The Bertz CT molecular complexity index is 1010. The van der Waals surface area contributed by atoms with Crippen LogP contribution in [0.4, 0.5) is 0 Å². The molecule has 0 N–H and O–H groups in total. The monoisotopic (exact) mass is 358 g/mol. The molecule has 0 radical (unpaired) electrons. The van der Waals surface area contributed by atoms with Crippen LogP contribution in [0.25, 0.3) is 21.3 Å². The van der Waals surface area contributed by atoms with Crippen LogP contribution in [0.5, 0.6) is 11.5 Å². The number of fused-ring (bicyclic) bond motifs is 1. The van der Waals surface area contributed by atoms with Gasteiger partial charge >= 0.3 is 0 Å². The quantitative estimate of drug-likeness (QED) is 0.700. The Hall–Kier alpha value is -2.67. The highest BCUT2D eigenvalue weighted by Gasteiger charge is 2.18. The molecule has 6 nitrogen and oxygen atoms in total. The van der Waals surface area contributed by atoms with E-state index in [9.17, 15) is 9.59 Å². The summed E-state index contributed by atoms with van der Waals surface area (Å²) in [5.41, 5.74) is 1.37. The van der Waals surface area contributed by atoms with Crippen molar-refractivity contribution in [3.05, 3.63) is 40.3 Å². The van der Waals surface area contributed by atoms with E-state index in [1.165, 1.54) is 29.2 Å². The van der Waals surface area contributed by atoms with Crippen molar-refractivity contribution in [3.63, 3.8) is 0 Å². The molecule has 0 bridgehead atoms. The molecule has 0 aliphatic heterocycles. The molecular weight excluding hydrogens is 340 g/mol. The average molecular weight is 358 g/mol. The summed E-state index contributed by atoms with van der Waals surface area (Å²) < 4.78 is 12.0. The van der Waals surface area contributed by atoms with Gasteiger partial charge in [-0.25, -0.2) is 4.98 Å². The lowest BCUT2D eigenvalue weighted by Crippen LogP contribution is -2.27. The summed E-state index contributed by atoms with van der Waals surface area (Å²) in [4.78, 5) is 29.6. The summed E-state index contributed by atoms with van der Waals surface area (Å²) in [5, 5.41) is 2.40. The molecule has 130 valence electrons. The van der Waals surface area contributed by atoms with Gasteiger partial charge in [0.2, 0.25) is 0 Å². The number of carbonyl (C=O) groups is 1. The molecular formula is C18H18N2O4S. The number of Topliss-reactive ketones (excluding diaryl/α,β-unsaturated/α-hetero) is 1. The summed E-state index contributed by atoms with van der Waals surface area (Å²) in [6.07, 6.45) is 1.44. The van der Waals surface area contributed by atoms with E-state index in [0.29, 0.717) is 21.7 Å². The maximum Gasteiger partial charge on any atom is 0.263 e. The predicted molar refractivity (Wildman–Crippen MR) is 97.8 cm³/mol. The van der Waals surface area contributed by atoms with Crippen molar-refractivity contribution in [2.24, 2.45) is 0 Å². The minimum Gasteiger partial charge on any atom is -0.493 e. The van der Waals surface area contributed by atoms with Gasteiger partial charge in [-0.15, -0.1) is 11.3 Å². The largest absolute Gasteiger partial charge is 0.493 e. The Kier molecular flexibility index (Phi) is 4.59. The van der Waals surface area contributed by atoms with Crippen LogP contribution >= 0.6 is 11.3 Å². The molecule has 1 aromatic carbocycles. The van der Waals surface area contributed by atoms with Gasteiger partial charge in [-0.2, -0.15) is 0 Å². The highest BCUT2D eigenvalue weighted by molar-refractivity contribution is 7.17. The van der Waals surface area contributed by atoms with Gasteiger partial charge in [0.05, 0.1) is 32.0 Å². The van der Waals surface area contributed by atoms with Crippen molar-refractivity contribution in [3.8, 4) is 22.6 Å². The second-order valence-electron chi connectivity index (χ2n) is 5.64. The van der Waals surface area contributed by atoms with E-state index in [4.69, 9.17) is 9.47 Å². The van der Waals surface area contributed by atoms with Crippen LogP contribution in [0.2, 0.25) is 0 Å². The van der Waals surface area contributed by atoms with Gasteiger partial charge in [0.1, 0.15) is 4.83 Å². The Balaban J connectivity index is 2.23. The summed E-state index contributed by atoms with van der Waals surface area (Å²) in [7, 11) is 3.14. The number of nitrogens with zero attached hydrogens (tertiary/aromatic N) is 2. The van der Waals surface area contributed by atoms with Gasteiger partial charge in [0.15, 0.2) is 17.3 Å². The summed E-state index contributed by atoms with van der Waals surface area (Å²) in [6.45, 7) is 3.16. The van der Waals surface area contributed by atoms with E-state index in [1.807, 2.05) is 17.5 Å². The Morgan fingerprint density at radius 3 is 2.60 bits per heavy atom.